The number of nitrogens with zero attached hydrogens (tertiary/aromatic N) is 1. The van der Waals surface area contributed by atoms with Crippen LogP contribution in [-0.4, -0.2) is 47.2 Å². The van der Waals surface area contributed by atoms with Gasteiger partial charge < -0.3 is 14.7 Å². The first-order chi connectivity index (χ1) is 9.08. The van der Waals surface area contributed by atoms with Crippen molar-refractivity contribution in [3.63, 3.8) is 0 Å². The lowest BCUT2D eigenvalue weighted by molar-refractivity contribution is -0.151. The van der Waals surface area contributed by atoms with Crippen LogP contribution >= 0.6 is 0 Å². The minimum Gasteiger partial charge on any atom is -0.481 e. The summed E-state index contributed by atoms with van der Waals surface area (Å²) in [6.45, 7) is 2.69. The number of hydrogen-bond acceptors (Lipinski definition) is 3. The van der Waals surface area contributed by atoms with Crippen LogP contribution in [0.3, 0.4) is 0 Å². The summed E-state index contributed by atoms with van der Waals surface area (Å²) >= 11 is 0. The van der Waals surface area contributed by atoms with Crippen LogP contribution < -0.4 is 0 Å². The number of piperidine rings is 1. The molecule has 0 aromatic rings. The van der Waals surface area contributed by atoms with E-state index in [1.807, 2.05) is 0 Å². The zero-order chi connectivity index (χ0) is 13.8. The Morgan fingerprint density at radius 1 is 1.11 bits per heavy atom. The Bertz CT molecular complexity index is 330. The number of aliphatic carboxylic acids is 1. The molecule has 1 aliphatic carbocycles. The van der Waals surface area contributed by atoms with Crippen molar-refractivity contribution < 1.29 is 19.4 Å². The van der Waals surface area contributed by atoms with Gasteiger partial charge >= 0.3 is 5.97 Å². The quantitative estimate of drug-likeness (QED) is 0.788. The van der Waals surface area contributed by atoms with E-state index < -0.39 is 11.9 Å². The Kier molecular flexibility index (Phi) is 4.80. The number of likely N-dealkylation sites (tertiary alicyclic amines) is 1. The Labute approximate surface area is 113 Å². The van der Waals surface area contributed by atoms with E-state index in [2.05, 4.69) is 0 Å². The average molecular weight is 269 g/mol. The molecule has 1 amide bonds. The molecule has 5 nitrogen and oxygen atoms in total. The normalized spacial score (nSPS) is 23.5. The van der Waals surface area contributed by atoms with Gasteiger partial charge in [-0.05, 0) is 32.6 Å². The maximum absolute atomic E-state index is 11.9. The molecule has 1 saturated carbocycles. The number of amides is 1. The van der Waals surface area contributed by atoms with Crippen molar-refractivity contribution in [2.45, 2.75) is 57.7 Å². The number of ether oxygens (including phenoxy) is 1. The molecule has 1 aliphatic heterocycles. The molecule has 1 heterocycles. The van der Waals surface area contributed by atoms with Crippen LogP contribution in [0.1, 0.15) is 45.4 Å². The molecule has 1 unspecified atom stereocenters. The SMILES string of the molecule is CC(C(=O)O)C(=O)N1CCC(OC2CCCC2)CC1. The van der Waals surface area contributed by atoms with Gasteiger partial charge in [0, 0.05) is 13.1 Å². The Morgan fingerprint density at radius 3 is 2.16 bits per heavy atom. The highest BCUT2D eigenvalue weighted by molar-refractivity contribution is 5.96. The van der Waals surface area contributed by atoms with E-state index in [9.17, 15) is 9.59 Å². The molecule has 0 aromatic carbocycles. The lowest BCUT2D eigenvalue weighted by Crippen LogP contribution is -2.45. The van der Waals surface area contributed by atoms with Gasteiger partial charge in [0.1, 0.15) is 5.92 Å². The van der Waals surface area contributed by atoms with E-state index in [0.717, 1.165) is 25.7 Å². The van der Waals surface area contributed by atoms with Crippen molar-refractivity contribution >= 4 is 11.9 Å². The first kappa shape index (κ1) is 14.3. The summed E-state index contributed by atoms with van der Waals surface area (Å²) in [6, 6.07) is 0. The molecule has 0 aromatic heterocycles. The molecule has 19 heavy (non-hydrogen) atoms. The first-order valence-corrected chi connectivity index (χ1v) is 7.25. The van der Waals surface area contributed by atoms with Crippen molar-refractivity contribution in [2.75, 3.05) is 13.1 Å². The van der Waals surface area contributed by atoms with Crippen LogP contribution in [0, 0.1) is 5.92 Å². The van der Waals surface area contributed by atoms with Gasteiger partial charge in [-0.25, -0.2) is 0 Å². The number of carboxylic acid groups (broad SMARTS) is 1. The zero-order valence-electron chi connectivity index (χ0n) is 11.5. The second-order valence-electron chi connectivity index (χ2n) is 5.63. The standard InChI is InChI=1S/C14H23NO4/c1-10(14(17)18)13(16)15-8-6-12(7-9-15)19-11-4-2-3-5-11/h10-12H,2-9H2,1H3,(H,17,18). The van der Waals surface area contributed by atoms with Gasteiger partial charge in [-0.3, -0.25) is 9.59 Å². The Hall–Kier alpha value is -1.10. The van der Waals surface area contributed by atoms with Crippen molar-refractivity contribution in [1.29, 1.82) is 0 Å². The predicted molar refractivity (Wildman–Crippen MR) is 69.7 cm³/mol. The highest BCUT2D eigenvalue weighted by atomic mass is 16.5. The summed E-state index contributed by atoms with van der Waals surface area (Å²) in [6.07, 6.45) is 7.15. The molecule has 1 N–H and O–H groups in total. The summed E-state index contributed by atoms with van der Waals surface area (Å²) < 4.78 is 6.03. The maximum atomic E-state index is 11.9. The smallest absolute Gasteiger partial charge is 0.315 e. The number of carbonyl (C=O) groups excluding carboxylic acids is 1. The molecule has 5 heteroatoms. The van der Waals surface area contributed by atoms with Gasteiger partial charge in [0.05, 0.1) is 12.2 Å². The van der Waals surface area contributed by atoms with E-state index in [1.54, 1.807) is 4.90 Å². The van der Waals surface area contributed by atoms with Crippen LogP contribution in [0.2, 0.25) is 0 Å². The maximum Gasteiger partial charge on any atom is 0.315 e. The van der Waals surface area contributed by atoms with Crippen LogP contribution in [0.5, 0.6) is 0 Å². The molecule has 2 rings (SSSR count). The molecule has 1 saturated heterocycles. The van der Waals surface area contributed by atoms with Gasteiger partial charge in [0.25, 0.3) is 0 Å². The number of hydrogen-bond donors (Lipinski definition) is 1. The van der Waals surface area contributed by atoms with Crippen molar-refractivity contribution in [3.8, 4) is 0 Å². The second-order valence-corrected chi connectivity index (χ2v) is 5.63. The van der Waals surface area contributed by atoms with Gasteiger partial charge in [-0.15, -0.1) is 0 Å². The van der Waals surface area contributed by atoms with Gasteiger partial charge in [0.2, 0.25) is 5.91 Å². The minimum atomic E-state index is -1.05. The van der Waals surface area contributed by atoms with E-state index in [0.29, 0.717) is 19.2 Å². The molecule has 0 radical (unpaired) electrons. The van der Waals surface area contributed by atoms with Crippen LogP contribution in [0.15, 0.2) is 0 Å². The third-order valence-corrected chi connectivity index (χ3v) is 4.18. The molecule has 0 bridgehead atoms. The van der Waals surface area contributed by atoms with E-state index in [1.165, 1.54) is 19.8 Å². The predicted octanol–water partition coefficient (Wildman–Crippen LogP) is 1.66. The topological polar surface area (TPSA) is 66.8 Å². The molecule has 2 fully saturated rings. The fourth-order valence-corrected chi connectivity index (χ4v) is 2.89. The van der Waals surface area contributed by atoms with Crippen molar-refractivity contribution in [3.05, 3.63) is 0 Å². The lowest BCUT2D eigenvalue weighted by Gasteiger charge is -2.34. The van der Waals surface area contributed by atoms with Crippen LogP contribution in [-0.2, 0) is 14.3 Å². The minimum absolute atomic E-state index is 0.243. The van der Waals surface area contributed by atoms with E-state index >= 15 is 0 Å². The molecular weight excluding hydrogens is 246 g/mol. The Balaban J connectivity index is 1.75. The molecule has 2 aliphatic rings. The van der Waals surface area contributed by atoms with Crippen molar-refractivity contribution in [1.82, 2.24) is 4.90 Å². The fraction of sp³-hybridized carbons (Fsp3) is 0.857. The van der Waals surface area contributed by atoms with Gasteiger partial charge in [-0.2, -0.15) is 0 Å². The number of carboxylic acids is 1. The molecule has 0 spiro atoms. The molecule has 1 atom stereocenters. The van der Waals surface area contributed by atoms with Crippen LogP contribution in [0.25, 0.3) is 0 Å². The first-order valence-electron chi connectivity index (χ1n) is 7.25. The average Bonchev–Trinajstić information content (AvgIpc) is 2.90. The summed E-state index contributed by atoms with van der Waals surface area (Å²) in [4.78, 5) is 24.4. The van der Waals surface area contributed by atoms with Crippen LogP contribution in [0.4, 0.5) is 0 Å². The number of carbonyl (C=O) groups is 2. The lowest BCUT2D eigenvalue weighted by atomic mass is 10.0. The zero-order valence-corrected chi connectivity index (χ0v) is 11.5. The fourth-order valence-electron chi connectivity index (χ4n) is 2.89. The third-order valence-electron chi connectivity index (χ3n) is 4.18. The highest BCUT2D eigenvalue weighted by Crippen LogP contribution is 2.25. The van der Waals surface area contributed by atoms with E-state index in [4.69, 9.17) is 9.84 Å². The largest absolute Gasteiger partial charge is 0.481 e. The Morgan fingerprint density at radius 2 is 1.63 bits per heavy atom. The van der Waals surface area contributed by atoms with Gasteiger partial charge in [-0.1, -0.05) is 12.8 Å². The number of rotatable bonds is 4. The molecular formula is C14H23NO4. The van der Waals surface area contributed by atoms with Gasteiger partial charge in [0.15, 0.2) is 0 Å². The summed E-state index contributed by atoms with van der Waals surface area (Å²) in [5.74, 6) is -2.26. The summed E-state index contributed by atoms with van der Waals surface area (Å²) in [5.41, 5.74) is 0. The van der Waals surface area contributed by atoms with E-state index in [-0.39, 0.29) is 12.0 Å². The second kappa shape index (κ2) is 6.37. The third kappa shape index (κ3) is 3.69. The highest BCUT2D eigenvalue weighted by Gasteiger charge is 2.30. The van der Waals surface area contributed by atoms with Crippen molar-refractivity contribution in [2.24, 2.45) is 5.92 Å². The summed E-state index contributed by atoms with van der Waals surface area (Å²) in [5, 5.41) is 8.85. The monoisotopic (exact) mass is 269 g/mol. The molecule has 108 valence electrons. The summed E-state index contributed by atoms with van der Waals surface area (Å²) in [7, 11) is 0.